The highest BCUT2D eigenvalue weighted by atomic mass is 16.5. The van der Waals surface area contributed by atoms with Crippen molar-refractivity contribution in [1.29, 1.82) is 0 Å². The van der Waals surface area contributed by atoms with E-state index in [1.807, 2.05) is 6.92 Å². The Kier molecular flexibility index (Phi) is 5.18. The summed E-state index contributed by atoms with van der Waals surface area (Å²) in [6, 6.07) is 0. The van der Waals surface area contributed by atoms with Crippen LogP contribution in [0.5, 0.6) is 0 Å². The molecule has 5 heteroatoms. The van der Waals surface area contributed by atoms with Crippen molar-refractivity contribution in [1.82, 2.24) is 10.2 Å². The molecule has 1 atom stereocenters. The predicted octanol–water partition coefficient (Wildman–Crippen LogP) is -0.140. The van der Waals surface area contributed by atoms with Gasteiger partial charge in [-0.15, -0.1) is 0 Å². The van der Waals surface area contributed by atoms with Crippen LogP contribution in [-0.4, -0.2) is 63.4 Å². The number of carbonyl (C=O) groups is 1. The third-order valence-electron chi connectivity index (χ3n) is 3.26. The number of esters is 1. The molecule has 94 valence electrons. The van der Waals surface area contributed by atoms with Gasteiger partial charge in [-0.1, -0.05) is 6.92 Å². The lowest BCUT2D eigenvalue weighted by Crippen LogP contribution is -2.62. The van der Waals surface area contributed by atoms with Crippen molar-refractivity contribution in [2.45, 2.75) is 18.9 Å². The zero-order valence-electron chi connectivity index (χ0n) is 10.4. The second-order valence-corrected chi connectivity index (χ2v) is 4.05. The average Bonchev–Trinajstić information content (AvgIpc) is 2.36. The van der Waals surface area contributed by atoms with E-state index < -0.39 is 5.54 Å². The Morgan fingerprint density at radius 1 is 1.38 bits per heavy atom. The van der Waals surface area contributed by atoms with Crippen LogP contribution in [0.25, 0.3) is 0 Å². The van der Waals surface area contributed by atoms with Gasteiger partial charge in [0.2, 0.25) is 0 Å². The summed E-state index contributed by atoms with van der Waals surface area (Å²) in [4.78, 5) is 14.2. The topological polar surface area (TPSA) is 50.8 Å². The molecule has 0 aromatic heterocycles. The fourth-order valence-corrected chi connectivity index (χ4v) is 2.27. The van der Waals surface area contributed by atoms with E-state index in [0.717, 1.165) is 26.2 Å². The molecule has 1 rings (SSSR count). The summed E-state index contributed by atoms with van der Waals surface area (Å²) in [5.41, 5.74) is -0.619. The van der Waals surface area contributed by atoms with Crippen molar-refractivity contribution in [3.05, 3.63) is 0 Å². The minimum absolute atomic E-state index is 0.196. The Bertz CT molecular complexity index is 229. The van der Waals surface area contributed by atoms with Gasteiger partial charge in [-0.25, -0.2) is 4.79 Å². The maximum atomic E-state index is 12.0. The van der Waals surface area contributed by atoms with Crippen molar-refractivity contribution in [2.75, 3.05) is 47.0 Å². The SMILES string of the molecule is CCC(COC)(C(=O)OC)N1CCNCC1. The summed E-state index contributed by atoms with van der Waals surface area (Å²) in [6.45, 7) is 5.90. The number of rotatable bonds is 5. The molecule has 1 unspecified atom stereocenters. The van der Waals surface area contributed by atoms with Gasteiger partial charge < -0.3 is 14.8 Å². The zero-order valence-corrected chi connectivity index (χ0v) is 10.4. The van der Waals surface area contributed by atoms with Crippen LogP contribution < -0.4 is 5.32 Å². The Morgan fingerprint density at radius 2 is 2.00 bits per heavy atom. The van der Waals surface area contributed by atoms with Crippen molar-refractivity contribution in [2.24, 2.45) is 0 Å². The second kappa shape index (κ2) is 6.18. The van der Waals surface area contributed by atoms with Gasteiger partial charge in [0.15, 0.2) is 0 Å². The van der Waals surface area contributed by atoms with E-state index >= 15 is 0 Å². The number of hydrogen-bond donors (Lipinski definition) is 1. The van der Waals surface area contributed by atoms with Gasteiger partial charge in [0.25, 0.3) is 0 Å². The van der Waals surface area contributed by atoms with Crippen molar-refractivity contribution in [3.8, 4) is 0 Å². The van der Waals surface area contributed by atoms with E-state index in [1.54, 1.807) is 7.11 Å². The zero-order chi connectivity index (χ0) is 12.0. The van der Waals surface area contributed by atoms with Crippen LogP contribution in [-0.2, 0) is 14.3 Å². The maximum absolute atomic E-state index is 12.0. The molecule has 0 aromatic rings. The number of carbonyl (C=O) groups excluding carboxylic acids is 1. The average molecular weight is 230 g/mol. The van der Waals surface area contributed by atoms with E-state index in [1.165, 1.54) is 7.11 Å². The smallest absolute Gasteiger partial charge is 0.328 e. The molecule has 1 aliphatic rings. The summed E-state index contributed by atoms with van der Waals surface area (Å²) in [5, 5.41) is 3.28. The molecular weight excluding hydrogens is 208 g/mol. The minimum atomic E-state index is -0.619. The normalized spacial score (nSPS) is 21.4. The predicted molar refractivity (Wildman–Crippen MR) is 61.4 cm³/mol. The van der Waals surface area contributed by atoms with Crippen molar-refractivity contribution >= 4 is 5.97 Å². The molecule has 1 saturated heterocycles. The third kappa shape index (κ3) is 2.53. The lowest BCUT2D eigenvalue weighted by molar-refractivity contribution is -0.160. The second-order valence-electron chi connectivity index (χ2n) is 4.05. The number of ether oxygens (including phenoxy) is 2. The van der Waals surface area contributed by atoms with Crippen LogP contribution in [0.3, 0.4) is 0 Å². The third-order valence-corrected chi connectivity index (χ3v) is 3.26. The molecule has 1 aliphatic heterocycles. The molecule has 0 spiro atoms. The van der Waals surface area contributed by atoms with E-state index in [9.17, 15) is 4.79 Å². The summed E-state index contributed by atoms with van der Waals surface area (Å²) in [7, 11) is 3.06. The first-order valence-electron chi connectivity index (χ1n) is 5.74. The molecule has 0 aromatic carbocycles. The number of piperazine rings is 1. The van der Waals surface area contributed by atoms with Crippen molar-refractivity contribution in [3.63, 3.8) is 0 Å². The van der Waals surface area contributed by atoms with Crippen LogP contribution in [0.4, 0.5) is 0 Å². The lowest BCUT2D eigenvalue weighted by atomic mass is 9.94. The Labute approximate surface area is 97.1 Å². The van der Waals surface area contributed by atoms with Crippen molar-refractivity contribution < 1.29 is 14.3 Å². The largest absolute Gasteiger partial charge is 0.468 e. The summed E-state index contributed by atoms with van der Waals surface area (Å²) < 4.78 is 10.1. The van der Waals surface area contributed by atoms with Gasteiger partial charge in [0.05, 0.1) is 13.7 Å². The standard InChI is InChI=1S/C11H22N2O3/c1-4-11(9-15-2,10(14)16-3)13-7-5-12-6-8-13/h12H,4-9H2,1-3H3. The summed E-state index contributed by atoms with van der Waals surface area (Å²) in [6.07, 6.45) is 0.702. The molecule has 16 heavy (non-hydrogen) atoms. The van der Waals surface area contributed by atoms with Gasteiger partial charge >= 0.3 is 5.97 Å². The molecular formula is C11H22N2O3. The van der Waals surface area contributed by atoms with E-state index in [-0.39, 0.29) is 5.97 Å². The molecule has 1 heterocycles. The first-order valence-corrected chi connectivity index (χ1v) is 5.74. The highest BCUT2D eigenvalue weighted by Gasteiger charge is 2.44. The highest BCUT2D eigenvalue weighted by Crippen LogP contribution is 2.22. The number of methoxy groups -OCH3 is 2. The highest BCUT2D eigenvalue weighted by molar-refractivity contribution is 5.81. The molecule has 0 saturated carbocycles. The quantitative estimate of drug-likeness (QED) is 0.666. The minimum Gasteiger partial charge on any atom is -0.468 e. The molecule has 1 fully saturated rings. The first-order chi connectivity index (χ1) is 7.71. The first kappa shape index (κ1) is 13.4. The lowest BCUT2D eigenvalue weighted by Gasteiger charge is -2.42. The maximum Gasteiger partial charge on any atom is 0.328 e. The van der Waals surface area contributed by atoms with Gasteiger partial charge in [-0.2, -0.15) is 0 Å². The Morgan fingerprint density at radius 3 is 2.44 bits per heavy atom. The number of hydrogen-bond acceptors (Lipinski definition) is 5. The van der Waals surface area contributed by atoms with Crippen LogP contribution in [0, 0.1) is 0 Å². The van der Waals surface area contributed by atoms with Gasteiger partial charge in [0, 0.05) is 33.3 Å². The molecule has 0 radical (unpaired) electrons. The van der Waals surface area contributed by atoms with E-state index in [0.29, 0.717) is 13.0 Å². The monoisotopic (exact) mass is 230 g/mol. The van der Waals surface area contributed by atoms with E-state index in [2.05, 4.69) is 10.2 Å². The summed E-state index contributed by atoms with van der Waals surface area (Å²) >= 11 is 0. The van der Waals surface area contributed by atoms with Crippen LogP contribution in [0.15, 0.2) is 0 Å². The van der Waals surface area contributed by atoms with Gasteiger partial charge in [-0.05, 0) is 6.42 Å². The Balaban J connectivity index is 2.85. The summed E-state index contributed by atoms with van der Waals surface area (Å²) in [5.74, 6) is -0.196. The molecule has 0 bridgehead atoms. The number of nitrogens with one attached hydrogen (secondary N) is 1. The van der Waals surface area contributed by atoms with Gasteiger partial charge in [-0.3, -0.25) is 4.90 Å². The molecule has 1 N–H and O–H groups in total. The molecule has 0 amide bonds. The van der Waals surface area contributed by atoms with E-state index in [4.69, 9.17) is 9.47 Å². The fraction of sp³-hybridized carbons (Fsp3) is 0.909. The van der Waals surface area contributed by atoms with Gasteiger partial charge in [0.1, 0.15) is 5.54 Å². The van der Waals surface area contributed by atoms with Crippen LogP contribution >= 0.6 is 0 Å². The fourth-order valence-electron chi connectivity index (χ4n) is 2.27. The Hall–Kier alpha value is -0.650. The molecule has 0 aliphatic carbocycles. The number of nitrogens with zero attached hydrogens (tertiary/aromatic N) is 1. The van der Waals surface area contributed by atoms with Crippen LogP contribution in [0.2, 0.25) is 0 Å². The molecule has 5 nitrogen and oxygen atoms in total. The van der Waals surface area contributed by atoms with Crippen LogP contribution in [0.1, 0.15) is 13.3 Å².